The van der Waals surface area contributed by atoms with Crippen LogP contribution in [0.4, 0.5) is 8.78 Å². The molecule has 8 heteroatoms. The quantitative estimate of drug-likeness (QED) is 0.519. The van der Waals surface area contributed by atoms with Crippen molar-refractivity contribution in [2.24, 2.45) is 5.92 Å². The van der Waals surface area contributed by atoms with Crippen LogP contribution in [-0.4, -0.2) is 26.4 Å². The molecule has 1 amide bonds. The SMILES string of the molecule is CC(C)Cn1c(SCC(=O)NC(C)c2ccc(F)cc2)nnc1-c1ccccc1F. The third kappa shape index (κ3) is 5.44. The first-order chi connectivity index (χ1) is 14.3. The minimum atomic E-state index is -0.364. The van der Waals surface area contributed by atoms with E-state index >= 15 is 0 Å². The van der Waals surface area contributed by atoms with Crippen molar-refractivity contribution in [3.05, 3.63) is 65.7 Å². The predicted octanol–water partition coefficient (Wildman–Crippen LogP) is 4.85. The first kappa shape index (κ1) is 22.0. The summed E-state index contributed by atoms with van der Waals surface area (Å²) >= 11 is 1.25. The third-order valence-electron chi connectivity index (χ3n) is 4.46. The summed E-state index contributed by atoms with van der Waals surface area (Å²) in [6.45, 7) is 6.55. The number of amides is 1. The smallest absolute Gasteiger partial charge is 0.230 e. The third-order valence-corrected chi connectivity index (χ3v) is 5.43. The van der Waals surface area contributed by atoms with Crippen LogP contribution in [0.25, 0.3) is 11.4 Å². The van der Waals surface area contributed by atoms with Gasteiger partial charge >= 0.3 is 0 Å². The van der Waals surface area contributed by atoms with E-state index in [-0.39, 0.29) is 35.3 Å². The fourth-order valence-electron chi connectivity index (χ4n) is 3.02. The van der Waals surface area contributed by atoms with Crippen LogP contribution in [0, 0.1) is 17.6 Å². The number of benzene rings is 2. The van der Waals surface area contributed by atoms with Crippen molar-refractivity contribution in [2.75, 3.05) is 5.75 Å². The number of hydrogen-bond acceptors (Lipinski definition) is 4. The van der Waals surface area contributed by atoms with Gasteiger partial charge < -0.3 is 9.88 Å². The first-order valence-electron chi connectivity index (χ1n) is 9.71. The van der Waals surface area contributed by atoms with Crippen molar-refractivity contribution in [3.63, 3.8) is 0 Å². The lowest BCUT2D eigenvalue weighted by molar-refractivity contribution is -0.119. The van der Waals surface area contributed by atoms with E-state index in [1.54, 1.807) is 30.3 Å². The fraction of sp³-hybridized carbons (Fsp3) is 0.318. The summed E-state index contributed by atoms with van der Waals surface area (Å²) in [5.74, 6) is 0.0187. The lowest BCUT2D eigenvalue weighted by atomic mass is 10.1. The van der Waals surface area contributed by atoms with Gasteiger partial charge in [0.25, 0.3) is 0 Å². The van der Waals surface area contributed by atoms with Gasteiger partial charge in [-0.15, -0.1) is 10.2 Å². The van der Waals surface area contributed by atoms with Crippen LogP contribution in [0.3, 0.4) is 0 Å². The molecule has 0 aliphatic heterocycles. The van der Waals surface area contributed by atoms with Gasteiger partial charge in [0, 0.05) is 6.54 Å². The highest BCUT2D eigenvalue weighted by atomic mass is 32.2. The Hall–Kier alpha value is -2.74. The molecule has 0 fully saturated rings. The number of hydrogen-bond donors (Lipinski definition) is 1. The molecule has 5 nitrogen and oxygen atoms in total. The Bertz CT molecular complexity index is 1000. The van der Waals surface area contributed by atoms with Crippen LogP contribution in [0.1, 0.15) is 32.4 Å². The number of thioether (sulfide) groups is 1. The first-order valence-corrected chi connectivity index (χ1v) is 10.7. The molecule has 0 aliphatic carbocycles. The van der Waals surface area contributed by atoms with Crippen molar-refractivity contribution in [1.82, 2.24) is 20.1 Å². The molecule has 30 heavy (non-hydrogen) atoms. The Morgan fingerprint density at radius 2 is 1.77 bits per heavy atom. The molecule has 1 unspecified atom stereocenters. The van der Waals surface area contributed by atoms with Crippen LogP contribution in [0.5, 0.6) is 0 Å². The van der Waals surface area contributed by atoms with Gasteiger partial charge in [-0.05, 0) is 42.7 Å². The molecule has 158 valence electrons. The Labute approximate surface area is 178 Å². The Morgan fingerprint density at radius 3 is 2.43 bits per heavy atom. The number of nitrogens with one attached hydrogen (secondary N) is 1. The molecule has 0 bridgehead atoms. The predicted molar refractivity (Wildman–Crippen MR) is 114 cm³/mol. The molecule has 3 rings (SSSR count). The minimum Gasteiger partial charge on any atom is -0.349 e. The van der Waals surface area contributed by atoms with E-state index in [2.05, 4.69) is 29.4 Å². The molecule has 2 aromatic carbocycles. The molecular formula is C22H24F2N4OS. The lowest BCUT2D eigenvalue weighted by Crippen LogP contribution is -2.28. The summed E-state index contributed by atoms with van der Waals surface area (Å²) in [7, 11) is 0. The second-order valence-corrected chi connectivity index (χ2v) is 8.36. The van der Waals surface area contributed by atoms with E-state index in [9.17, 15) is 13.6 Å². The van der Waals surface area contributed by atoms with Crippen molar-refractivity contribution in [3.8, 4) is 11.4 Å². The van der Waals surface area contributed by atoms with Gasteiger partial charge in [-0.1, -0.05) is 49.9 Å². The van der Waals surface area contributed by atoms with Crippen LogP contribution in [-0.2, 0) is 11.3 Å². The zero-order valence-corrected chi connectivity index (χ0v) is 17.9. The largest absolute Gasteiger partial charge is 0.349 e. The number of halogens is 2. The van der Waals surface area contributed by atoms with Crippen LogP contribution >= 0.6 is 11.8 Å². The number of aromatic nitrogens is 3. The van der Waals surface area contributed by atoms with Gasteiger partial charge in [-0.3, -0.25) is 4.79 Å². The number of nitrogens with zero attached hydrogens (tertiary/aromatic N) is 3. The zero-order valence-electron chi connectivity index (χ0n) is 17.1. The fourth-order valence-corrected chi connectivity index (χ4v) is 3.77. The average molecular weight is 431 g/mol. The van der Waals surface area contributed by atoms with Crippen LogP contribution in [0.2, 0.25) is 0 Å². The molecule has 1 atom stereocenters. The number of carbonyl (C=O) groups is 1. The molecule has 0 aliphatic rings. The highest BCUT2D eigenvalue weighted by Gasteiger charge is 2.19. The molecule has 1 heterocycles. The summed E-state index contributed by atoms with van der Waals surface area (Å²) in [6.07, 6.45) is 0. The van der Waals surface area contributed by atoms with E-state index in [0.717, 1.165) is 5.56 Å². The molecule has 1 N–H and O–H groups in total. The summed E-state index contributed by atoms with van der Waals surface area (Å²) in [5, 5.41) is 11.8. The van der Waals surface area contributed by atoms with E-state index in [1.807, 2.05) is 11.5 Å². The normalized spacial score (nSPS) is 12.2. The summed E-state index contributed by atoms with van der Waals surface area (Å²) in [5.41, 5.74) is 1.20. The van der Waals surface area contributed by atoms with Gasteiger partial charge in [-0.2, -0.15) is 0 Å². The highest BCUT2D eigenvalue weighted by molar-refractivity contribution is 7.99. The zero-order chi connectivity index (χ0) is 21.7. The van der Waals surface area contributed by atoms with Crippen molar-refractivity contribution in [2.45, 2.75) is 38.5 Å². The molecule has 3 aromatic rings. The van der Waals surface area contributed by atoms with Crippen LogP contribution < -0.4 is 5.32 Å². The Balaban J connectivity index is 1.71. The second-order valence-electron chi connectivity index (χ2n) is 7.42. The Kier molecular flexibility index (Phi) is 7.20. The van der Waals surface area contributed by atoms with E-state index in [0.29, 0.717) is 23.1 Å². The molecule has 0 radical (unpaired) electrons. The maximum absolute atomic E-state index is 14.3. The maximum Gasteiger partial charge on any atom is 0.230 e. The molecule has 0 saturated carbocycles. The van der Waals surface area contributed by atoms with E-state index < -0.39 is 0 Å². The second kappa shape index (κ2) is 9.84. The summed E-state index contributed by atoms with van der Waals surface area (Å²) in [6, 6.07) is 12.2. The van der Waals surface area contributed by atoms with Gasteiger partial charge in [-0.25, -0.2) is 8.78 Å². The van der Waals surface area contributed by atoms with Gasteiger partial charge in [0.1, 0.15) is 11.6 Å². The molecular weight excluding hydrogens is 406 g/mol. The van der Waals surface area contributed by atoms with Gasteiger partial charge in [0.2, 0.25) is 5.91 Å². The number of carbonyl (C=O) groups excluding carboxylic acids is 1. The van der Waals surface area contributed by atoms with Gasteiger partial charge in [0.15, 0.2) is 11.0 Å². The Morgan fingerprint density at radius 1 is 1.07 bits per heavy atom. The van der Waals surface area contributed by atoms with Crippen LogP contribution in [0.15, 0.2) is 53.7 Å². The molecule has 0 saturated heterocycles. The van der Waals surface area contributed by atoms with E-state index in [1.165, 1.54) is 30.0 Å². The highest BCUT2D eigenvalue weighted by Crippen LogP contribution is 2.27. The van der Waals surface area contributed by atoms with Gasteiger partial charge in [0.05, 0.1) is 17.4 Å². The standard InChI is InChI=1S/C22H24F2N4OS/c1-14(2)12-28-21(18-6-4-5-7-19(18)24)26-27-22(28)30-13-20(29)25-15(3)16-8-10-17(23)11-9-16/h4-11,14-15H,12-13H2,1-3H3,(H,25,29). The number of rotatable bonds is 8. The summed E-state index contributed by atoms with van der Waals surface area (Å²) < 4.78 is 29.2. The maximum atomic E-state index is 14.3. The van der Waals surface area contributed by atoms with E-state index in [4.69, 9.17) is 0 Å². The monoisotopic (exact) mass is 430 g/mol. The van der Waals surface area contributed by atoms with Crippen molar-refractivity contribution >= 4 is 17.7 Å². The minimum absolute atomic E-state index is 0.138. The topological polar surface area (TPSA) is 59.8 Å². The van der Waals surface area contributed by atoms with Crippen molar-refractivity contribution in [1.29, 1.82) is 0 Å². The molecule has 1 aromatic heterocycles. The molecule has 0 spiro atoms. The summed E-state index contributed by atoms with van der Waals surface area (Å²) in [4.78, 5) is 12.4. The van der Waals surface area contributed by atoms with Crippen molar-refractivity contribution < 1.29 is 13.6 Å². The average Bonchev–Trinajstić information content (AvgIpc) is 3.09. The lowest BCUT2D eigenvalue weighted by Gasteiger charge is -2.15.